The first-order valence-corrected chi connectivity index (χ1v) is 8.96. The molecular formula is C21H17N5O3. The van der Waals surface area contributed by atoms with Crippen LogP contribution in [0.25, 0.3) is 5.65 Å². The Morgan fingerprint density at radius 3 is 2.59 bits per heavy atom. The van der Waals surface area contributed by atoms with E-state index in [-0.39, 0.29) is 12.1 Å². The van der Waals surface area contributed by atoms with E-state index in [4.69, 9.17) is 5.26 Å². The van der Waals surface area contributed by atoms with Gasteiger partial charge in [-0.1, -0.05) is 18.2 Å². The van der Waals surface area contributed by atoms with Crippen LogP contribution in [0.4, 0.5) is 4.79 Å². The number of amides is 3. The number of nitrogens with zero attached hydrogens (tertiary/aromatic N) is 4. The van der Waals surface area contributed by atoms with Gasteiger partial charge in [-0.15, -0.1) is 0 Å². The number of nitriles is 1. The van der Waals surface area contributed by atoms with Gasteiger partial charge in [-0.2, -0.15) is 5.26 Å². The minimum Gasteiger partial charge on any atom is -0.319 e. The first kappa shape index (κ1) is 18.4. The molecule has 0 bridgehead atoms. The molecule has 8 nitrogen and oxygen atoms in total. The Hall–Kier alpha value is -3.99. The first-order valence-electron chi connectivity index (χ1n) is 8.96. The van der Waals surface area contributed by atoms with Crippen LogP contribution < -0.4 is 10.9 Å². The Balaban J connectivity index is 1.68. The van der Waals surface area contributed by atoms with Gasteiger partial charge in [-0.25, -0.2) is 9.78 Å². The van der Waals surface area contributed by atoms with Crippen molar-refractivity contribution in [2.24, 2.45) is 0 Å². The molecule has 1 aliphatic rings. The van der Waals surface area contributed by atoms with Gasteiger partial charge in [0.1, 0.15) is 11.2 Å². The molecule has 29 heavy (non-hydrogen) atoms. The highest BCUT2D eigenvalue weighted by molar-refractivity contribution is 6.07. The van der Waals surface area contributed by atoms with Crippen molar-refractivity contribution in [2.45, 2.75) is 25.9 Å². The average Bonchev–Trinajstić information content (AvgIpc) is 2.93. The summed E-state index contributed by atoms with van der Waals surface area (Å²) in [6, 6.07) is 12.8. The van der Waals surface area contributed by atoms with Gasteiger partial charge in [0.15, 0.2) is 0 Å². The van der Waals surface area contributed by atoms with E-state index in [1.165, 1.54) is 10.5 Å². The number of aromatic nitrogens is 2. The summed E-state index contributed by atoms with van der Waals surface area (Å²) in [4.78, 5) is 43.5. The molecule has 0 saturated carbocycles. The van der Waals surface area contributed by atoms with E-state index in [0.29, 0.717) is 22.5 Å². The maximum atomic E-state index is 13.1. The van der Waals surface area contributed by atoms with E-state index in [0.717, 1.165) is 10.5 Å². The predicted octanol–water partition coefficient (Wildman–Crippen LogP) is 1.84. The smallest absolute Gasteiger partial charge is 0.319 e. The molecule has 3 aromatic rings. The molecule has 0 spiro atoms. The summed E-state index contributed by atoms with van der Waals surface area (Å²) >= 11 is 0. The number of urea groups is 1. The molecule has 1 atom stereocenters. The van der Waals surface area contributed by atoms with E-state index in [2.05, 4.69) is 10.3 Å². The number of rotatable bonds is 3. The number of pyridine rings is 1. The zero-order valence-electron chi connectivity index (χ0n) is 15.8. The average molecular weight is 387 g/mol. The van der Waals surface area contributed by atoms with Crippen molar-refractivity contribution in [1.29, 1.82) is 5.26 Å². The Bertz CT molecular complexity index is 1260. The lowest BCUT2D eigenvalue weighted by Gasteiger charge is -2.22. The highest BCUT2D eigenvalue weighted by Gasteiger charge is 2.49. The third-order valence-corrected chi connectivity index (χ3v) is 5.13. The van der Waals surface area contributed by atoms with Crippen LogP contribution in [0.1, 0.15) is 29.3 Å². The van der Waals surface area contributed by atoms with Crippen molar-refractivity contribution in [3.05, 3.63) is 81.4 Å². The Morgan fingerprint density at radius 1 is 1.17 bits per heavy atom. The third kappa shape index (κ3) is 2.93. The second-order valence-electron chi connectivity index (χ2n) is 7.11. The minimum atomic E-state index is -1.26. The number of benzene rings is 1. The van der Waals surface area contributed by atoms with E-state index in [1.807, 2.05) is 19.1 Å². The fraction of sp³-hybridized carbons (Fsp3) is 0.190. The predicted molar refractivity (Wildman–Crippen MR) is 104 cm³/mol. The van der Waals surface area contributed by atoms with Crippen LogP contribution in [0.2, 0.25) is 0 Å². The molecule has 0 radical (unpaired) electrons. The van der Waals surface area contributed by atoms with Gasteiger partial charge in [0.2, 0.25) is 0 Å². The Morgan fingerprint density at radius 2 is 1.90 bits per heavy atom. The molecule has 144 valence electrons. The maximum Gasteiger partial charge on any atom is 0.325 e. The van der Waals surface area contributed by atoms with Crippen LogP contribution in [-0.4, -0.2) is 26.2 Å². The van der Waals surface area contributed by atoms with Crippen LogP contribution in [0.5, 0.6) is 0 Å². The molecule has 1 saturated heterocycles. The van der Waals surface area contributed by atoms with E-state index in [1.54, 1.807) is 43.5 Å². The largest absolute Gasteiger partial charge is 0.325 e. The van der Waals surface area contributed by atoms with E-state index >= 15 is 0 Å². The van der Waals surface area contributed by atoms with Crippen molar-refractivity contribution < 1.29 is 9.59 Å². The molecule has 1 unspecified atom stereocenters. The summed E-state index contributed by atoms with van der Waals surface area (Å²) < 4.78 is 1.42. The van der Waals surface area contributed by atoms with Gasteiger partial charge >= 0.3 is 6.03 Å². The zero-order valence-corrected chi connectivity index (χ0v) is 15.8. The van der Waals surface area contributed by atoms with Crippen molar-refractivity contribution in [1.82, 2.24) is 19.6 Å². The van der Waals surface area contributed by atoms with Crippen LogP contribution >= 0.6 is 0 Å². The van der Waals surface area contributed by atoms with Crippen molar-refractivity contribution in [3.8, 4) is 6.07 Å². The molecule has 1 N–H and O–H groups in total. The van der Waals surface area contributed by atoms with E-state index < -0.39 is 17.5 Å². The molecule has 0 aliphatic carbocycles. The fourth-order valence-corrected chi connectivity index (χ4v) is 3.47. The van der Waals surface area contributed by atoms with Crippen LogP contribution in [-0.2, 0) is 16.9 Å². The van der Waals surface area contributed by atoms with Crippen LogP contribution in [0.15, 0.2) is 53.5 Å². The summed E-state index contributed by atoms with van der Waals surface area (Å²) in [6.45, 7) is 3.33. The maximum absolute atomic E-state index is 13.1. The lowest BCUT2D eigenvalue weighted by Crippen LogP contribution is -2.40. The third-order valence-electron chi connectivity index (χ3n) is 5.13. The van der Waals surface area contributed by atoms with Gasteiger partial charge in [-0.05, 0) is 43.2 Å². The highest BCUT2D eigenvalue weighted by Crippen LogP contribution is 2.29. The number of aryl methyl sites for hydroxylation is 1. The first-order chi connectivity index (χ1) is 13.8. The summed E-state index contributed by atoms with van der Waals surface area (Å²) in [5.41, 5.74) is 1.12. The molecule has 1 fully saturated rings. The van der Waals surface area contributed by atoms with Crippen molar-refractivity contribution in [2.75, 3.05) is 0 Å². The van der Waals surface area contributed by atoms with Gasteiger partial charge in [-0.3, -0.25) is 18.9 Å². The SMILES string of the molecule is Cc1cccn2c(=O)cc(CN3C(=O)NC(C)(c4ccc(C#N)cc4)C3=O)nc12. The number of hydrogen-bond donors (Lipinski definition) is 1. The summed E-state index contributed by atoms with van der Waals surface area (Å²) in [5, 5.41) is 11.7. The number of carbonyl (C=O) groups is 2. The van der Waals surface area contributed by atoms with E-state index in [9.17, 15) is 14.4 Å². The van der Waals surface area contributed by atoms with Crippen molar-refractivity contribution >= 4 is 17.6 Å². The molecule has 4 rings (SSSR count). The lowest BCUT2D eigenvalue weighted by molar-refractivity contribution is -0.131. The molecule has 8 heteroatoms. The molecule has 1 aromatic carbocycles. The zero-order chi connectivity index (χ0) is 20.8. The number of hydrogen-bond acceptors (Lipinski definition) is 5. The van der Waals surface area contributed by atoms with Gasteiger partial charge in [0.05, 0.1) is 23.9 Å². The second kappa shape index (κ2) is 6.56. The Labute approximate surface area is 166 Å². The lowest BCUT2D eigenvalue weighted by atomic mass is 9.91. The number of fused-ring (bicyclic) bond motifs is 1. The number of carbonyl (C=O) groups excluding carboxylic acids is 2. The summed E-state index contributed by atoms with van der Waals surface area (Å²) in [7, 11) is 0. The highest BCUT2D eigenvalue weighted by atomic mass is 16.2. The number of nitrogens with one attached hydrogen (secondary N) is 1. The van der Waals surface area contributed by atoms with Crippen LogP contribution in [0.3, 0.4) is 0 Å². The second-order valence-corrected chi connectivity index (χ2v) is 7.11. The molecule has 1 aliphatic heterocycles. The monoisotopic (exact) mass is 387 g/mol. The summed E-state index contributed by atoms with van der Waals surface area (Å²) in [5.74, 6) is -0.445. The topological polar surface area (TPSA) is 108 Å². The number of imide groups is 1. The molecular weight excluding hydrogens is 370 g/mol. The van der Waals surface area contributed by atoms with Crippen molar-refractivity contribution in [3.63, 3.8) is 0 Å². The van der Waals surface area contributed by atoms with Crippen LogP contribution in [0, 0.1) is 18.3 Å². The standard InChI is InChI=1S/C21H17N5O3/c1-13-4-3-9-25-17(27)10-16(23-18(13)25)12-26-19(28)21(2,24-20(26)29)15-7-5-14(11-22)6-8-15/h3-10H,12H2,1-2H3,(H,24,29). The van der Waals surface area contributed by atoms with Gasteiger partial charge < -0.3 is 5.32 Å². The van der Waals surface area contributed by atoms with Gasteiger partial charge in [0, 0.05) is 12.3 Å². The minimum absolute atomic E-state index is 0.114. The molecule has 2 aromatic heterocycles. The quantitative estimate of drug-likeness (QED) is 0.690. The summed E-state index contributed by atoms with van der Waals surface area (Å²) in [6.07, 6.45) is 1.62. The van der Waals surface area contributed by atoms with Gasteiger partial charge in [0.25, 0.3) is 11.5 Å². The molecule has 3 heterocycles. The molecule has 3 amide bonds. The fourth-order valence-electron chi connectivity index (χ4n) is 3.47. The Kier molecular flexibility index (Phi) is 4.16. The normalized spacial score (nSPS) is 18.7.